The summed E-state index contributed by atoms with van der Waals surface area (Å²) in [4.78, 5) is 12.3. The number of hydrogen-bond donors (Lipinski definition) is 2. The minimum absolute atomic E-state index is 0. The van der Waals surface area contributed by atoms with Gasteiger partial charge in [0, 0.05) is 18.9 Å². The van der Waals surface area contributed by atoms with Crippen molar-refractivity contribution in [3.8, 4) is 0 Å². The summed E-state index contributed by atoms with van der Waals surface area (Å²) in [6, 6.07) is 7.72. The number of anilines is 1. The fraction of sp³-hybridized carbons (Fsp3) is 0.333. The number of carbonyl (C=O) groups excluding carboxylic acids is 1. The predicted molar refractivity (Wildman–Crippen MR) is 84.5 cm³/mol. The minimum atomic E-state index is -0.0836. The molecule has 5 nitrogen and oxygen atoms in total. The number of aromatic nitrogens is 2. The summed E-state index contributed by atoms with van der Waals surface area (Å²) in [5, 5.41) is 7.12. The summed E-state index contributed by atoms with van der Waals surface area (Å²) >= 11 is 0. The number of hydrogen-bond acceptors (Lipinski definition) is 3. The van der Waals surface area contributed by atoms with Gasteiger partial charge in [0.15, 0.2) is 0 Å². The summed E-state index contributed by atoms with van der Waals surface area (Å²) in [6.07, 6.45) is 4.68. The van der Waals surface area contributed by atoms with Crippen molar-refractivity contribution in [1.29, 1.82) is 0 Å². The lowest BCUT2D eigenvalue weighted by Gasteiger charge is -2.26. The molecule has 1 aliphatic rings. The van der Waals surface area contributed by atoms with Gasteiger partial charge >= 0.3 is 0 Å². The smallest absolute Gasteiger partial charge is 0.270 e. The van der Waals surface area contributed by atoms with E-state index in [1.54, 1.807) is 24.0 Å². The summed E-state index contributed by atoms with van der Waals surface area (Å²) in [5.41, 5.74) is 9.61. The topological polar surface area (TPSA) is 72.9 Å². The molecule has 0 spiro atoms. The molecule has 112 valence electrons. The van der Waals surface area contributed by atoms with E-state index in [1.165, 1.54) is 11.1 Å². The molecule has 0 radical (unpaired) electrons. The fourth-order valence-electron chi connectivity index (χ4n) is 2.81. The van der Waals surface area contributed by atoms with Crippen LogP contribution < -0.4 is 11.1 Å². The van der Waals surface area contributed by atoms with Crippen molar-refractivity contribution < 1.29 is 4.79 Å². The highest BCUT2D eigenvalue weighted by Gasteiger charge is 2.23. The number of carbonyl (C=O) groups is 1. The molecule has 21 heavy (non-hydrogen) atoms. The number of benzene rings is 1. The highest BCUT2D eigenvalue weighted by molar-refractivity contribution is 5.92. The maximum Gasteiger partial charge on any atom is 0.270 e. The lowest BCUT2D eigenvalue weighted by atomic mass is 9.87. The van der Waals surface area contributed by atoms with Crippen molar-refractivity contribution in [3.05, 3.63) is 47.3 Å². The molecule has 1 heterocycles. The van der Waals surface area contributed by atoms with Crippen molar-refractivity contribution in [3.63, 3.8) is 0 Å². The Balaban J connectivity index is 0.00000161. The van der Waals surface area contributed by atoms with Gasteiger partial charge in [-0.1, -0.05) is 6.07 Å². The van der Waals surface area contributed by atoms with Gasteiger partial charge in [0.1, 0.15) is 5.69 Å². The normalized spacial score (nSPS) is 16.7. The Labute approximate surface area is 129 Å². The zero-order chi connectivity index (χ0) is 14.1. The largest absolute Gasteiger partial charge is 0.399 e. The quantitative estimate of drug-likeness (QED) is 0.836. The van der Waals surface area contributed by atoms with Crippen LogP contribution in [0.1, 0.15) is 40.5 Å². The third kappa shape index (κ3) is 3.03. The van der Waals surface area contributed by atoms with Gasteiger partial charge in [0.25, 0.3) is 5.91 Å². The zero-order valence-electron chi connectivity index (χ0n) is 11.9. The molecular weight excluding hydrogens is 288 g/mol. The molecule has 3 N–H and O–H groups in total. The van der Waals surface area contributed by atoms with E-state index in [9.17, 15) is 4.79 Å². The number of amides is 1. The second-order valence-corrected chi connectivity index (χ2v) is 5.22. The molecule has 1 aromatic heterocycles. The van der Waals surface area contributed by atoms with Gasteiger partial charge in [0.05, 0.1) is 6.04 Å². The first-order valence-corrected chi connectivity index (χ1v) is 6.82. The Morgan fingerprint density at radius 1 is 1.43 bits per heavy atom. The Morgan fingerprint density at radius 2 is 2.24 bits per heavy atom. The van der Waals surface area contributed by atoms with Gasteiger partial charge in [-0.2, -0.15) is 5.10 Å². The number of rotatable bonds is 2. The van der Waals surface area contributed by atoms with Crippen LogP contribution in [0.25, 0.3) is 0 Å². The van der Waals surface area contributed by atoms with Crippen LogP contribution in [0, 0.1) is 0 Å². The van der Waals surface area contributed by atoms with Gasteiger partial charge in [-0.3, -0.25) is 9.48 Å². The van der Waals surface area contributed by atoms with E-state index in [1.807, 2.05) is 18.2 Å². The first kappa shape index (κ1) is 15.4. The Morgan fingerprint density at radius 3 is 2.95 bits per heavy atom. The second-order valence-electron chi connectivity index (χ2n) is 5.22. The molecule has 6 heteroatoms. The zero-order valence-corrected chi connectivity index (χ0v) is 12.7. The maximum atomic E-state index is 12.3. The van der Waals surface area contributed by atoms with E-state index >= 15 is 0 Å². The molecule has 2 aromatic rings. The summed E-state index contributed by atoms with van der Waals surface area (Å²) in [6.45, 7) is 0. The molecule has 1 unspecified atom stereocenters. The third-order valence-corrected chi connectivity index (χ3v) is 3.84. The van der Waals surface area contributed by atoms with Gasteiger partial charge in [-0.05, 0) is 48.6 Å². The summed E-state index contributed by atoms with van der Waals surface area (Å²) in [7, 11) is 1.77. The predicted octanol–water partition coefficient (Wildman–Crippen LogP) is 2.23. The van der Waals surface area contributed by atoms with E-state index in [0.29, 0.717) is 5.69 Å². The van der Waals surface area contributed by atoms with E-state index < -0.39 is 0 Å². The number of nitrogens with one attached hydrogen (secondary N) is 1. The average Bonchev–Trinajstić information content (AvgIpc) is 2.85. The van der Waals surface area contributed by atoms with Gasteiger partial charge in [0.2, 0.25) is 0 Å². The molecular formula is C15H19ClN4O. The van der Waals surface area contributed by atoms with Gasteiger partial charge in [-0.15, -0.1) is 12.4 Å². The van der Waals surface area contributed by atoms with Crippen molar-refractivity contribution in [2.24, 2.45) is 7.05 Å². The highest BCUT2D eigenvalue weighted by Crippen LogP contribution is 2.31. The number of nitrogens with two attached hydrogens (primary N) is 1. The van der Waals surface area contributed by atoms with Gasteiger partial charge < -0.3 is 11.1 Å². The van der Waals surface area contributed by atoms with E-state index in [2.05, 4.69) is 10.4 Å². The minimum Gasteiger partial charge on any atom is -0.399 e. The van der Waals surface area contributed by atoms with Crippen molar-refractivity contribution in [1.82, 2.24) is 15.1 Å². The van der Waals surface area contributed by atoms with Crippen LogP contribution in [0.5, 0.6) is 0 Å². The maximum absolute atomic E-state index is 12.3. The van der Waals surface area contributed by atoms with Crippen molar-refractivity contribution in [2.75, 3.05) is 5.73 Å². The van der Waals surface area contributed by atoms with Crippen molar-refractivity contribution >= 4 is 24.0 Å². The molecule has 0 aliphatic heterocycles. The average molecular weight is 307 g/mol. The first-order valence-electron chi connectivity index (χ1n) is 6.82. The lowest BCUT2D eigenvalue weighted by Crippen LogP contribution is -2.32. The van der Waals surface area contributed by atoms with Crippen LogP contribution in [-0.2, 0) is 13.5 Å². The Kier molecular flexibility index (Phi) is 4.53. The van der Waals surface area contributed by atoms with Crippen LogP contribution in [0.3, 0.4) is 0 Å². The third-order valence-electron chi connectivity index (χ3n) is 3.84. The molecule has 0 saturated carbocycles. The monoisotopic (exact) mass is 306 g/mol. The molecule has 1 amide bonds. The Bertz CT molecular complexity index is 653. The lowest BCUT2D eigenvalue weighted by molar-refractivity contribution is 0.0923. The summed E-state index contributed by atoms with van der Waals surface area (Å²) < 4.78 is 1.59. The number of nitrogen functional groups attached to an aromatic ring is 1. The van der Waals surface area contributed by atoms with E-state index in [0.717, 1.165) is 24.9 Å². The molecule has 0 saturated heterocycles. The Hall–Kier alpha value is -2.01. The molecule has 1 aromatic carbocycles. The van der Waals surface area contributed by atoms with Crippen LogP contribution in [0.2, 0.25) is 0 Å². The molecule has 0 fully saturated rings. The molecule has 1 aliphatic carbocycles. The SMILES string of the molecule is Cl.Cn1nccc1C(=O)NC1CCCc2cc(N)ccc21. The molecule has 1 atom stereocenters. The molecule has 3 rings (SSSR count). The van der Waals surface area contributed by atoms with Crippen LogP contribution >= 0.6 is 12.4 Å². The van der Waals surface area contributed by atoms with Gasteiger partial charge in [-0.25, -0.2) is 0 Å². The number of aryl methyl sites for hydroxylation is 2. The fourth-order valence-corrected chi connectivity index (χ4v) is 2.81. The van der Waals surface area contributed by atoms with Crippen LogP contribution in [0.15, 0.2) is 30.5 Å². The molecule has 0 bridgehead atoms. The summed E-state index contributed by atoms with van der Waals surface area (Å²) in [5.74, 6) is -0.0836. The number of halogens is 1. The van der Waals surface area contributed by atoms with Crippen molar-refractivity contribution in [2.45, 2.75) is 25.3 Å². The number of nitrogens with zero attached hydrogens (tertiary/aromatic N) is 2. The van der Waals surface area contributed by atoms with E-state index in [4.69, 9.17) is 5.73 Å². The van der Waals surface area contributed by atoms with Crippen LogP contribution in [0.4, 0.5) is 5.69 Å². The number of fused-ring (bicyclic) bond motifs is 1. The standard InChI is InChI=1S/C15H18N4O.ClH/c1-19-14(7-8-17-19)15(20)18-13-4-2-3-10-9-11(16)5-6-12(10)13;/h5-9,13H,2-4,16H2,1H3,(H,18,20);1H. The van der Waals surface area contributed by atoms with Crippen LogP contribution in [-0.4, -0.2) is 15.7 Å². The van der Waals surface area contributed by atoms with E-state index in [-0.39, 0.29) is 24.4 Å². The first-order chi connectivity index (χ1) is 9.65. The highest BCUT2D eigenvalue weighted by atomic mass is 35.5. The second kappa shape index (κ2) is 6.18.